The second kappa shape index (κ2) is 10.3. The molecule has 0 aromatic carbocycles. The smallest absolute Gasteiger partial charge is 0.232 e. The van der Waals surface area contributed by atoms with Gasteiger partial charge in [-0.2, -0.15) is 0 Å². The van der Waals surface area contributed by atoms with E-state index in [1.807, 2.05) is 30.1 Å². The first-order chi connectivity index (χ1) is 8.77. The molecule has 0 aliphatic carbocycles. The van der Waals surface area contributed by atoms with Crippen LogP contribution in [0.1, 0.15) is 12.1 Å². The van der Waals surface area contributed by atoms with Crippen LogP contribution in [0.4, 0.5) is 0 Å². The molecular weight excluding hydrogens is 317 g/mol. The molecule has 1 saturated heterocycles. The highest BCUT2D eigenvalue weighted by Crippen LogP contribution is 2.12. The molecule has 0 saturated carbocycles. The minimum absolute atomic E-state index is 0. The standard InChI is InChI=1S/C13H19N3OS.2ClH/c1-16(12-5-7-14-8-12)13(17)10-18-9-11-4-2-3-6-15-11;;/h2-4,6,12,14H,5,7-10H2,1H3;2*1H. The fourth-order valence-corrected chi connectivity index (χ4v) is 2.86. The maximum Gasteiger partial charge on any atom is 0.232 e. The summed E-state index contributed by atoms with van der Waals surface area (Å²) in [6, 6.07) is 6.23. The maximum absolute atomic E-state index is 12.0. The molecular formula is C13H21Cl2N3OS. The van der Waals surface area contributed by atoms with Crippen LogP contribution in [-0.4, -0.2) is 47.7 Å². The van der Waals surface area contributed by atoms with Crippen LogP contribution in [0.25, 0.3) is 0 Å². The summed E-state index contributed by atoms with van der Waals surface area (Å²) in [5.74, 6) is 1.54. The van der Waals surface area contributed by atoms with Crippen LogP contribution in [0.3, 0.4) is 0 Å². The predicted octanol–water partition coefficient (Wildman–Crippen LogP) is 1.98. The number of pyridine rings is 1. The van der Waals surface area contributed by atoms with Gasteiger partial charge < -0.3 is 10.2 Å². The van der Waals surface area contributed by atoms with E-state index < -0.39 is 0 Å². The molecule has 2 rings (SSSR count). The lowest BCUT2D eigenvalue weighted by atomic mass is 10.2. The van der Waals surface area contributed by atoms with Gasteiger partial charge in [0.25, 0.3) is 0 Å². The molecule has 1 aromatic rings. The molecule has 1 atom stereocenters. The number of hydrogen-bond donors (Lipinski definition) is 1. The first kappa shape index (κ1) is 19.5. The van der Waals surface area contributed by atoms with Crippen LogP contribution in [0, 0.1) is 0 Å². The molecule has 1 fully saturated rings. The monoisotopic (exact) mass is 337 g/mol. The summed E-state index contributed by atoms with van der Waals surface area (Å²) in [4.78, 5) is 18.1. The molecule has 1 unspecified atom stereocenters. The normalized spacial score (nSPS) is 16.9. The maximum atomic E-state index is 12.0. The fraction of sp³-hybridized carbons (Fsp3) is 0.538. The highest BCUT2D eigenvalue weighted by molar-refractivity contribution is 7.99. The van der Waals surface area contributed by atoms with E-state index in [1.54, 1.807) is 18.0 Å². The summed E-state index contributed by atoms with van der Waals surface area (Å²) in [5.41, 5.74) is 1.03. The first-order valence-corrected chi connectivity index (χ1v) is 7.37. The molecule has 0 spiro atoms. The van der Waals surface area contributed by atoms with Gasteiger partial charge in [-0.3, -0.25) is 9.78 Å². The third-order valence-electron chi connectivity index (χ3n) is 3.18. The van der Waals surface area contributed by atoms with Crippen LogP contribution in [0.2, 0.25) is 0 Å². The molecule has 1 aromatic heterocycles. The van der Waals surface area contributed by atoms with Crippen molar-refractivity contribution in [2.75, 3.05) is 25.9 Å². The average molecular weight is 338 g/mol. The largest absolute Gasteiger partial charge is 0.341 e. The Hall–Kier alpha value is -0.490. The molecule has 0 radical (unpaired) electrons. The number of rotatable bonds is 5. The van der Waals surface area contributed by atoms with Gasteiger partial charge in [0, 0.05) is 31.6 Å². The zero-order valence-electron chi connectivity index (χ0n) is 11.4. The quantitative estimate of drug-likeness (QED) is 0.892. The van der Waals surface area contributed by atoms with Gasteiger partial charge in [0.2, 0.25) is 5.91 Å². The van der Waals surface area contributed by atoms with Crippen molar-refractivity contribution < 1.29 is 4.79 Å². The molecule has 20 heavy (non-hydrogen) atoms. The number of carbonyl (C=O) groups is 1. The van der Waals surface area contributed by atoms with E-state index in [0.717, 1.165) is 31.0 Å². The molecule has 0 bridgehead atoms. The van der Waals surface area contributed by atoms with E-state index in [4.69, 9.17) is 0 Å². The Balaban J connectivity index is 0.00000180. The van der Waals surface area contributed by atoms with E-state index in [0.29, 0.717) is 11.8 Å². The SMILES string of the molecule is CN(C(=O)CSCc1ccccn1)C1CCNC1.Cl.Cl. The summed E-state index contributed by atoms with van der Waals surface area (Å²) in [5, 5.41) is 3.28. The van der Waals surface area contributed by atoms with Crippen LogP contribution < -0.4 is 5.32 Å². The average Bonchev–Trinajstić information content (AvgIpc) is 2.93. The van der Waals surface area contributed by atoms with Crippen molar-refractivity contribution in [1.82, 2.24) is 15.2 Å². The van der Waals surface area contributed by atoms with Gasteiger partial charge in [0.1, 0.15) is 0 Å². The second-order valence-electron chi connectivity index (χ2n) is 4.47. The van der Waals surface area contributed by atoms with E-state index in [9.17, 15) is 4.79 Å². The summed E-state index contributed by atoms with van der Waals surface area (Å²) >= 11 is 1.63. The number of nitrogens with one attached hydrogen (secondary N) is 1. The van der Waals surface area contributed by atoms with Gasteiger partial charge in [-0.1, -0.05) is 6.07 Å². The molecule has 114 valence electrons. The van der Waals surface area contributed by atoms with Gasteiger partial charge >= 0.3 is 0 Å². The van der Waals surface area contributed by atoms with Crippen molar-refractivity contribution in [3.8, 4) is 0 Å². The predicted molar refractivity (Wildman–Crippen MR) is 88.9 cm³/mol. The van der Waals surface area contributed by atoms with Crippen LogP contribution in [0.15, 0.2) is 24.4 Å². The lowest BCUT2D eigenvalue weighted by molar-refractivity contribution is -0.128. The van der Waals surface area contributed by atoms with Gasteiger partial charge in [-0.05, 0) is 25.1 Å². The van der Waals surface area contributed by atoms with Gasteiger partial charge in [-0.25, -0.2) is 0 Å². The second-order valence-corrected chi connectivity index (χ2v) is 5.45. The first-order valence-electron chi connectivity index (χ1n) is 6.21. The highest BCUT2D eigenvalue weighted by Gasteiger charge is 2.22. The number of amides is 1. The minimum atomic E-state index is 0. The molecule has 1 aliphatic heterocycles. The number of hydrogen-bond acceptors (Lipinski definition) is 4. The van der Waals surface area contributed by atoms with E-state index in [1.165, 1.54) is 0 Å². The number of thioether (sulfide) groups is 1. The molecule has 7 heteroatoms. The minimum Gasteiger partial charge on any atom is -0.341 e. The van der Waals surface area contributed by atoms with Gasteiger partial charge in [0.15, 0.2) is 0 Å². The zero-order chi connectivity index (χ0) is 12.8. The summed E-state index contributed by atoms with van der Waals surface area (Å²) in [7, 11) is 1.90. The van der Waals surface area contributed by atoms with E-state index >= 15 is 0 Å². The fourth-order valence-electron chi connectivity index (χ4n) is 2.00. The Bertz CT molecular complexity index is 388. The molecule has 2 heterocycles. The van der Waals surface area contributed by atoms with Gasteiger partial charge in [-0.15, -0.1) is 36.6 Å². The molecule has 1 N–H and O–H groups in total. The van der Waals surface area contributed by atoms with Gasteiger partial charge in [0.05, 0.1) is 11.4 Å². The van der Waals surface area contributed by atoms with Crippen molar-refractivity contribution >= 4 is 42.5 Å². The van der Waals surface area contributed by atoms with E-state index in [2.05, 4.69) is 10.3 Å². The zero-order valence-corrected chi connectivity index (χ0v) is 13.9. The third kappa shape index (κ3) is 5.87. The Labute approximate surface area is 136 Å². The van der Waals surface area contributed by atoms with Crippen molar-refractivity contribution in [1.29, 1.82) is 0 Å². The lowest BCUT2D eigenvalue weighted by Crippen LogP contribution is -2.39. The number of aromatic nitrogens is 1. The topological polar surface area (TPSA) is 45.2 Å². The Morgan fingerprint density at radius 3 is 2.90 bits per heavy atom. The molecule has 1 amide bonds. The van der Waals surface area contributed by atoms with Crippen molar-refractivity contribution in [2.24, 2.45) is 0 Å². The Morgan fingerprint density at radius 1 is 1.50 bits per heavy atom. The Kier molecular flexibility index (Phi) is 10.0. The third-order valence-corrected chi connectivity index (χ3v) is 4.13. The number of carbonyl (C=O) groups excluding carboxylic acids is 1. The number of likely N-dealkylation sites (N-methyl/N-ethyl adjacent to an activating group) is 1. The summed E-state index contributed by atoms with van der Waals surface area (Å²) < 4.78 is 0. The highest BCUT2D eigenvalue weighted by atomic mass is 35.5. The van der Waals surface area contributed by atoms with Crippen molar-refractivity contribution in [3.63, 3.8) is 0 Å². The summed E-state index contributed by atoms with van der Waals surface area (Å²) in [6.45, 7) is 1.94. The van der Waals surface area contributed by atoms with Crippen LogP contribution in [-0.2, 0) is 10.5 Å². The van der Waals surface area contributed by atoms with Crippen LogP contribution in [0.5, 0.6) is 0 Å². The Morgan fingerprint density at radius 2 is 2.30 bits per heavy atom. The van der Waals surface area contributed by atoms with Crippen molar-refractivity contribution in [2.45, 2.75) is 18.2 Å². The van der Waals surface area contributed by atoms with Crippen molar-refractivity contribution in [3.05, 3.63) is 30.1 Å². The summed E-state index contributed by atoms with van der Waals surface area (Å²) in [6.07, 6.45) is 2.85. The number of halogens is 2. The molecule has 4 nitrogen and oxygen atoms in total. The molecule has 1 aliphatic rings. The van der Waals surface area contributed by atoms with E-state index in [-0.39, 0.29) is 30.7 Å². The number of nitrogens with zero attached hydrogens (tertiary/aromatic N) is 2. The van der Waals surface area contributed by atoms with Crippen LogP contribution >= 0.6 is 36.6 Å². The lowest BCUT2D eigenvalue weighted by Gasteiger charge is -2.23.